The summed E-state index contributed by atoms with van der Waals surface area (Å²) in [6, 6.07) is 10.2. The molecule has 2 aromatic heterocycles. The van der Waals surface area contributed by atoms with Gasteiger partial charge in [0.15, 0.2) is 5.16 Å². The van der Waals surface area contributed by atoms with Gasteiger partial charge in [-0.05, 0) is 64.1 Å². The van der Waals surface area contributed by atoms with Gasteiger partial charge in [0.2, 0.25) is 0 Å². The largest absolute Gasteiger partial charge is 0.318 e. The van der Waals surface area contributed by atoms with Gasteiger partial charge in [0.05, 0.1) is 12.0 Å². The van der Waals surface area contributed by atoms with E-state index in [-0.39, 0.29) is 17.5 Å². The molecule has 0 aliphatic rings. The van der Waals surface area contributed by atoms with Crippen molar-refractivity contribution in [3.05, 3.63) is 70.6 Å². The predicted molar refractivity (Wildman–Crippen MR) is 113 cm³/mol. The van der Waals surface area contributed by atoms with Crippen LogP contribution >= 0.6 is 11.8 Å². The van der Waals surface area contributed by atoms with Crippen LogP contribution in [0.15, 0.2) is 46.7 Å². The fourth-order valence-electron chi connectivity index (χ4n) is 3.00. The number of carbonyl (C=O) groups is 1. The number of aromatic nitrogens is 3. The van der Waals surface area contributed by atoms with Crippen LogP contribution in [-0.2, 0) is 4.79 Å². The Bertz CT molecular complexity index is 1040. The smallest absolute Gasteiger partial charge is 0.250 e. The summed E-state index contributed by atoms with van der Waals surface area (Å²) in [6.45, 7) is 7.70. The second-order valence-corrected chi connectivity index (χ2v) is 7.60. The van der Waals surface area contributed by atoms with Crippen LogP contribution in [0.3, 0.4) is 0 Å². The van der Waals surface area contributed by atoms with E-state index in [1.54, 1.807) is 18.3 Å². The van der Waals surface area contributed by atoms with Crippen LogP contribution < -0.4 is 5.43 Å². The first-order valence-electron chi connectivity index (χ1n) is 9.05. The van der Waals surface area contributed by atoms with Gasteiger partial charge < -0.3 is 4.57 Å². The molecule has 0 aliphatic carbocycles. The molecule has 0 aliphatic heterocycles. The summed E-state index contributed by atoms with van der Waals surface area (Å²) in [7, 11) is 0. The molecular weight excluding hydrogens is 389 g/mol. The fraction of sp³-hybridized carbons (Fsp3) is 0.238. The van der Waals surface area contributed by atoms with Gasteiger partial charge in [-0.25, -0.2) is 19.8 Å². The van der Waals surface area contributed by atoms with Gasteiger partial charge >= 0.3 is 0 Å². The van der Waals surface area contributed by atoms with E-state index in [2.05, 4.69) is 20.5 Å². The Morgan fingerprint density at radius 3 is 2.45 bits per heavy atom. The molecule has 0 bridgehead atoms. The Labute approximate surface area is 173 Å². The maximum absolute atomic E-state index is 13.2. The molecule has 0 radical (unpaired) electrons. The average molecular weight is 412 g/mol. The molecule has 29 heavy (non-hydrogen) atoms. The Hall–Kier alpha value is -3.00. The van der Waals surface area contributed by atoms with Gasteiger partial charge in [0.1, 0.15) is 5.82 Å². The molecule has 2 heterocycles. The number of hydrogen-bond acceptors (Lipinski definition) is 5. The van der Waals surface area contributed by atoms with E-state index in [0.717, 1.165) is 34.0 Å². The van der Waals surface area contributed by atoms with Crippen LogP contribution in [0, 0.1) is 33.5 Å². The van der Waals surface area contributed by atoms with Crippen LogP contribution in [0.25, 0.3) is 5.69 Å². The maximum Gasteiger partial charge on any atom is 0.250 e. The zero-order chi connectivity index (χ0) is 21.0. The molecule has 0 atom stereocenters. The summed E-state index contributed by atoms with van der Waals surface area (Å²) in [5, 5.41) is 4.63. The van der Waals surface area contributed by atoms with Gasteiger partial charge in [-0.2, -0.15) is 5.10 Å². The lowest BCUT2D eigenvalue weighted by atomic mass is 10.2. The Kier molecular flexibility index (Phi) is 6.43. The van der Waals surface area contributed by atoms with E-state index in [1.165, 1.54) is 23.9 Å². The van der Waals surface area contributed by atoms with Crippen LogP contribution in [-0.4, -0.2) is 32.4 Å². The summed E-state index contributed by atoms with van der Waals surface area (Å²) in [6.07, 6.45) is 1.61. The molecule has 3 aromatic rings. The molecule has 150 valence electrons. The molecule has 0 fully saturated rings. The number of carbonyl (C=O) groups excluding carboxylic acids is 1. The number of rotatable bonds is 6. The van der Waals surface area contributed by atoms with Crippen molar-refractivity contribution in [1.29, 1.82) is 0 Å². The number of aryl methyl sites for hydroxylation is 3. The first kappa shape index (κ1) is 20.7. The van der Waals surface area contributed by atoms with Crippen molar-refractivity contribution in [3.8, 4) is 5.69 Å². The third-order valence-electron chi connectivity index (χ3n) is 4.24. The number of nitrogens with one attached hydrogen (secondary N) is 1. The minimum absolute atomic E-state index is 0.175. The third kappa shape index (κ3) is 5.29. The monoisotopic (exact) mass is 411 g/mol. The van der Waals surface area contributed by atoms with Crippen molar-refractivity contribution in [2.75, 3.05) is 5.75 Å². The summed E-state index contributed by atoms with van der Waals surface area (Å²) < 4.78 is 15.2. The molecular formula is C21H22FN5OS. The highest BCUT2D eigenvalue weighted by molar-refractivity contribution is 7.99. The Morgan fingerprint density at radius 1 is 1.14 bits per heavy atom. The molecule has 3 rings (SSSR count). The standard InChI is InChI=1S/C21H22FN5OS/c1-13-9-14(2)25-21(24-13)29-12-20(28)26-23-11-17-10-15(3)27(16(17)4)19-7-5-18(22)6-8-19/h5-11H,12H2,1-4H3,(H,26,28)/b23-11-. The van der Waals surface area contributed by atoms with E-state index in [0.29, 0.717) is 5.16 Å². The van der Waals surface area contributed by atoms with Crippen LogP contribution in [0.2, 0.25) is 0 Å². The SMILES string of the molecule is Cc1cc(C)nc(SCC(=O)N/N=C\c2cc(C)n(-c3ccc(F)cc3)c2C)n1. The topological polar surface area (TPSA) is 72.2 Å². The highest BCUT2D eigenvalue weighted by Crippen LogP contribution is 2.20. The van der Waals surface area contributed by atoms with E-state index in [9.17, 15) is 9.18 Å². The van der Waals surface area contributed by atoms with Crippen molar-refractivity contribution in [2.45, 2.75) is 32.9 Å². The quantitative estimate of drug-likeness (QED) is 0.289. The Balaban J connectivity index is 1.62. The van der Waals surface area contributed by atoms with E-state index in [4.69, 9.17) is 0 Å². The summed E-state index contributed by atoms with van der Waals surface area (Å²) in [5.74, 6) is -0.333. The molecule has 0 saturated carbocycles. The van der Waals surface area contributed by atoms with Gasteiger partial charge in [0.25, 0.3) is 5.91 Å². The van der Waals surface area contributed by atoms with Crippen molar-refractivity contribution >= 4 is 23.9 Å². The van der Waals surface area contributed by atoms with E-state index in [1.807, 2.05) is 44.4 Å². The Morgan fingerprint density at radius 2 is 1.79 bits per heavy atom. The first-order valence-corrected chi connectivity index (χ1v) is 10.0. The number of benzene rings is 1. The molecule has 1 N–H and O–H groups in total. The zero-order valence-electron chi connectivity index (χ0n) is 16.7. The molecule has 8 heteroatoms. The molecule has 6 nitrogen and oxygen atoms in total. The van der Waals surface area contributed by atoms with Crippen LogP contribution in [0.1, 0.15) is 28.3 Å². The van der Waals surface area contributed by atoms with Gasteiger partial charge in [-0.15, -0.1) is 0 Å². The summed E-state index contributed by atoms with van der Waals surface area (Å²) in [4.78, 5) is 20.6. The summed E-state index contributed by atoms with van der Waals surface area (Å²) >= 11 is 1.27. The lowest BCUT2D eigenvalue weighted by Crippen LogP contribution is -2.19. The number of hydrogen-bond donors (Lipinski definition) is 1. The number of halogens is 1. The number of amides is 1. The van der Waals surface area contributed by atoms with Gasteiger partial charge in [-0.3, -0.25) is 4.79 Å². The molecule has 1 amide bonds. The highest BCUT2D eigenvalue weighted by atomic mass is 32.2. The number of nitrogens with zero attached hydrogens (tertiary/aromatic N) is 4. The first-order chi connectivity index (χ1) is 13.8. The van der Waals surface area contributed by atoms with Crippen LogP contribution in [0.5, 0.6) is 0 Å². The normalized spacial score (nSPS) is 11.2. The lowest BCUT2D eigenvalue weighted by Gasteiger charge is -2.09. The second-order valence-electron chi connectivity index (χ2n) is 6.65. The van der Waals surface area contributed by atoms with E-state index < -0.39 is 0 Å². The third-order valence-corrected chi connectivity index (χ3v) is 5.09. The molecule has 0 unspecified atom stereocenters. The van der Waals surface area contributed by atoms with Crippen molar-refractivity contribution in [2.24, 2.45) is 5.10 Å². The number of thioether (sulfide) groups is 1. The zero-order valence-corrected chi connectivity index (χ0v) is 17.5. The molecule has 0 spiro atoms. The van der Waals surface area contributed by atoms with Crippen molar-refractivity contribution in [3.63, 3.8) is 0 Å². The molecule has 1 aromatic carbocycles. The lowest BCUT2D eigenvalue weighted by molar-refractivity contribution is -0.118. The van der Waals surface area contributed by atoms with E-state index >= 15 is 0 Å². The minimum Gasteiger partial charge on any atom is -0.318 e. The van der Waals surface area contributed by atoms with Gasteiger partial charge in [0, 0.05) is 34.0 Å². The van der Waals surface area contributed by atoms with Crippen LogP contribution in [0.4, 0.5) is 4.39 Å². The second kappa shape index (κ2) is 9.00. The predicted octanol–water partition coefficient (Wildman–Crippen LogP) is 3.88. The average Bonchev–Trinajstić information content (AvgIpc) is 2.94. The summed E-state index contributed by atoms with van der Waals surface area (Å²) in [5.41, 5.74) is 7.95. The minimum atomic E-state index is -0.273. The van der Waals surface area contributed by atoms with Gasteiger partial charge in [-0.1, -0.05) is 11.8 Å². The van der Waals surface area contributed by atoms with Crippen molar-refractivity contribution < 1.29 is 9.18 Å². The highest BCUT2D eigenvalue weighted by Gasteiger charge is 2.10. The fourth-order valence-corrected chi connectivity index (χ4v) is 3.74. The molecule has 0 saturated heterocycles. The number of hydrazone groups is 1. The van der Waals surface area contributed by atoms with Crippen molar-refractivity contribution in [1.82, 2.24) is 20.0 Å². The maximum atomic E-state index is 13.2.